The van der Waals surface area contributed by atoms with Gasteiger partial charge in [-0.05, 0) is 48.6 Å². The zero-order chi connectivity index (χ0) is 21.0. The third-order valence-corrected chi connectivity index (χ3v) is 6.23. The van der Waals surface area contributed by atoms with Crippen LogP contribution in [0.5, 0.6) is 0 Å². The predicted molar refractivity (Wildman–Crippen MR) is 118 cm³/mol. The van der Waals surface area contributed by atoms with Gasteiger partial charge in [0.1, 0.15) is 11.4 Å². The van der Waals surface area contributed by atoms with Crippen molar-refractivity contribution in [1.29, 1.82) is 0 Å². The lowest BCUT2D eigenvalue weighted by Crippen LogP contribution is -2.46. The Labute approximate surface area is 176 Å². The van der Waals surface area contributed by atoms with E-state index < -0.39 is 6.04 Å². The summed E-state index contributed by atoms with van der Waals surface area (Å²) >= 11 is 1.58. The van der Waals surface area contributed by atoms with Crippen LogP contribution in [0, 0.1) is 19.8 Å². The van der Waals surface area contributed by atoms with Crippen LogP contribution in [-0.2, 0) is 9.53 Å². The third kappa shape index (κ3) is 5.12. The quantitative estimate of drug-likeness (QED) is 0.690. The fourth-order valence-corrected chi connectivity index (χ4v) is 4.58. The molecule has 2 aromatic rings. The molecule has 6 heteroatoms. The van der Waals surface area contributed by atoms with Crippen LogP contribution in [0.15, 0.2) is 48.5 Å². The van der Waals surface area contributed by atoms with Gasteiger partial charge in [-0.1, -0.05) is 50.2 Å². The standard InChI is InChI=1S/C23H28N2O3S/c1-15(2)13-28-22(26)20-14-29-21(18-8-6-5-7-9-18)25(20)23(27)24-19-11-10-16(3)17(4)12-19/h5-12,15,20-21H,13-14H2,1-4H3,(H,24,27). The molecule has 0 spiro atoms. The molecule has 1 saturated heterocycles. The molecule has 5 nitrogen and oxygen atoms in total. The first-order valence-corrected chi connectivity index (χ1v) is 10.9. The van der Waals surface area contributed by atoms with E-state index in [2.05, 4.69) is 5.32 Å². The van der Waals surface area contributed by atoms with Crippen molar-refractivity contribution in [2.45, 2.75) is 39.1 Å². The van der Waals surface area contributed by atoms with Crippen molar-refractivity contribution in [2.75, 3.05) is 17.7 Å². The molecule has 0 radical (unpaired) electrons. The zero-order valence-corrected chi connectivity index (χ0v) is 18.2. The first-order chi connectivity index (χ1) is 13.9. The van der Waals surface area contributed by atoms with Gasteiger partial charge in [0.25, 0.3) is 0 Å². The molecule has 2 amide bonds. The summed E-state index contributed by atoms with van der Waals surface area (Å²) in [6, 6.07) is 14.7. The molecule has 29 heavy (non-hydrogen) atoms. The van der Waals surface area contributed by atoms with E-state index in [-0.39, 0.29) is 23.3 Å². The van der Waals surface area contributed by atoms with Crippen LogP contribution < -0.4 is 5.32 Å². The minimum absolute atomic E-state index is 0.237. The van der Waals surface area contributed by atoms with Crippen molar-refractivity contribution in [3.63, 3.8) is 0 Å². The van der Waals surface area contributed by atoms with Crippen molar-refractivity contribution in [1.82, 2.24) is 4.90 Å². The molecule has 2 atom stereocenters. The van der Waals surface area contributed by atoms with E-state index in [1.807, 2.05) is 76.2 Å². The summed E-state index contributed by atoms with van der Waals surface area (Å²) in [4.78, 5) is 27.6. The number of amides is 2. The number of nitrogens with one attached hydrogen (secondary N) is 1. The number of rotatable bonds is 5. The number of benzene rings is 2. The zero-order valence-electron chi connectivity index (χ0n) is 17.3. The molecule has 1 fully saturated rings. The Kier molecular flexibility index (Phi) is 6.85. The normalized spacial score (nSPS) is 18.7. The molecule has 1 N–H and O–H groups in total. The summed E-state index contributed by atoms with van der Waals surface area (Å²) < 4.78 is 5.46. The summed E-state index contributed by atoms with van der Waals surface area (Å²) in [7, 11) is 0. The Morgan fingerprint density at radius 1 is 1.14 bits per heavy atom. The van der Waals surface area contributed by atoms with Gasteiger partial charge in [-0.15, -0.1) is 11.8 Å². The van der Waals surface area contributed by atoms with Gasteiger partial charge in [-0.25, -0.2) is 9.59 Å². The van der Waals surface area contributed by atoms with Crippen LogP contribution in [0.3, 0.4) is 0 Å². The number of carbonyl (C=O) groups is 2. The Hall–Kier alpha value is -2.47. The maximum Gasteiger partial charge on any atom is 0.329 e. The number of anilines is 1. The molecule has 1 aliphatic rings. The highest BCUT2D eigenvalue weighted by Crippen LogP contribution is 2.42. The average molecular weight is 413 g/mol. The minimum atomic E-state index is -0.615. The van der Waals surface area contributed by atoms with Gasteiger partial charge in [0.15, 0.2) is 0 Å². The molecule has 1 heterocycles. The molecule has 0 aliphatic carbocycles. The van der Waals surface area contributed by atoms with Crippen molar-refractivity contribution in [3.05, 3.63) is 65.2 Å². The number of ether oxygens (including phenoxy) is 1. The highest BCUT2D eigenvalue weighted by Gasteiger charge is 2.43. The van der Waals surface area contributed by atoms with Crippen molar-refractivity contribution >= 4 is 29.4 Å². The molecule has 0 aromatic heterocycles. The van der Waals surface area contributed by atoms with E-state index in [4.69, 9.17) is 4.74 Å². The fraction of sp³-hybridized carbons (Fsp3) is 0.391. The number of hydrogen-bond donors (Lipinski definition) is 1. The van der Waals surface area contributed by atoms with Crippen molar-refractivity contribution in [3.8, 4) is 0 Å². The molecular weight excluding hydrogens is 384 g/mol. The lowest BCUT2D eigenvalue weighted by Gasteiger charge is -2.29. The maximum atomic E-state index is 13.2. The summed E-state index contributed by atoms with van der Waals surface area (Å²) in [6.07, 6.45) is 0. The lowest BCUT2D eigenvalue weighted by atomic mass is 10.1. The largest absolute Gasteiger partial charge is 0.464 e. The highest BCUT2D eigenvalue weighted by molar-refractivity contribution is 7.99. The second-order valence-electron chi connectivity index (χ2n) is 7.77. The summed E-state index contributed by atoms with van der Waals surface area (Å²) in [5.41, 5.74) is 3.98. The molecule has 1 aliphatic heterocycles. The molecule has 0 saturated carbocycles. The maximum absolute atomic E-state index is 13.2. The molecule has 2 aromatic carbocycles. The second-order valence-corrected chi connectivity index (χ2v) is 8.89. The van der Waals surface area contributed by atoms with Gasteiger partial charge in [0, 0.05) is 11.4 Å². The van der Waals surface area contributed by atoms with Gasteiger partial charge in [0.05, 0.1) is 6.61 Å². The topological polar surface area (TPSA) is 58.6 Å². The number of esters is 1. The van der Waals surface area contributed by atoms with E-state index in [1.165, 1.54) is 0 Å². The predicted octanol–water partition coefficient (Wildman–Crippen LogP) is 5.15. The van der Waals surface area contributed by atoms with Crippen LogP contribution >= 0.6 is 11.8 Å². The Morgan fingerprint density at radius 3 is 2.52 bits per heavy atom. The molecule has 154 valence electrons. The number of thioether (sulfide) groups is 1. The second kappa shape index (κ2) is 9.35. The molecule has 0 bridgehead atoms. The average Bonchev–Trinajstić information content (AvgIpc) is 3.15. The van der Waals surface area contributed by atoms with Gasteiger partial charge >= 0.3 is 12.0 Å². The van der Waals surface area contributed by atoms with Gasteiger partial charge in [-0.3, -0.25) is 4.90 Å². The third-order valence-electron chi connectivity index (χ3n) is 4.91. The highest BCUT2D eigenvalue weighted by atomic mass is 32.2. The molecule has 2 unspecified atom stereocenters. The Balaban J connectivity index is 1.84. The van der Waals surface area contributed by atoms with E-state index >= 15 is 0 Å². The van der Waals surface area contributed by atoms with Crippen molar-refractivity contribution in [2.24, 2.45) is 5.92 Å². The number of carbonyl (C=O) groups excluding carboxylic acids is 2. The molecular formula is C23H28N2O3S. The van der Waals surface area contributed by atoms with Gasteiger partial charge < -0.3 is 10.1 Å². The monoisotopic (exact) mass is 412 g/mol. The smallest absolute Gasteiger partial charge is 0.329 e. The first kappa shape index (κ1) is 21.2. The van der Waals surface area contributed by atoms with Gasteiger partial charge in [0.2, 0.25) is 0 Å². The van der Waals surface area contributed by atoms with Crippen LogP contribution in [0.25, 0.3) is 0 Å². The van der Waals surface area contributed by atoms with E-state index in [0.717, 1.165) is 22.4 Å². The summed E-state index contributed by atoms with van der Waals surface area (Å²) in [5, 5.41) is 2.73. The van der Waals surface area contributed by atoms with E-state index in [0.29, 0.717) is 12.4 Å². The number of nitrogens with zero attached hydrogens (tertiary/aromatic N) is 1. The van der Waals surface area contributed by atoms with Gasteiger partial charge in [-0.2, -0.15) is 0 Å². The van der Waals surface area contributed by atoms with E-state index in [1.54, 1.807) is 16.7 Å². The number of aryl methyl sites for hydroxylation is 2. The van der Waals surface area contributed by atoms with Crippen LogP contribution in [0.4, 0.5) is 10.5 Å². The lowest BCUT2D eigenvalue weighted by molar-refractivity contribution is -0.149. The SMILES string of the molecule is Cc1ccc(NC(=O)N2C(C(=O)OCC(C)C)CSC2c2ccccc2)cc1C. The Morgan fingerprint density at radius 2 is 1.86 bits per heavy atom. The molecule has 3 rings (SSSR count). The summed E-state index contributed by atoms with van der Waals surface area (Å²) in [6.45, 7) is 8.38. The van der Waals surface area contributed by atoms with Crippen LogP contribution in [-0.4, -0.2) is 35.3 Å². The first-order valence-electron chi connectivity index (χ1n) is 9.86. The fourth-order valence-electron chi connectivity index (χ4n) is 3.16. The van der Waals surface area contributed by atoms with Crippen molar-refractivity contribution < 1.29 is 14.3 Å². The Bertz CT molecular complexity index is 870. The number of hydrogen-bond acceptors (Lipinski definition) is 4. The number of urea groups is 1. The summed E-state index contributed by atoms with van der Waals surface area (Å²) in [5.74, 6) is 0.409. The van der Waals surface area contributed by atoms with E-state index in [9.17, 15) is 9.59 Å². The van der Waals surface area contributed by atoms with Crippen LogP contribution in [0.1, 0.15) is 35.9 Å². The minimum Gasteiger partial charge on any atom is -0.464 e. The van der Waals surface area contributed by atoms with Crippen LogP contribution in [0.2, 0.25) is 0 Å².